The minimum atomic E-state index is -0.0998. The molecule has 2 aromatic heterocycles. The Bertz CT molecular complexity index is 739. The smallest absolute Gasteiger partial charge is 0.322 e. The van der Waals surface area contributed by atoms with Crippen molar-refractivity contribution in [2.75, 3.05) is 11.9 Å². The highest BCUT2D eigenvalue weighted by atomic mass is 16.2. The van der Waals surface area contributed by atoms with Gasteiger partial charge in [-0.25, -0.2) is 9.78 Å². The monoisotopic (exact) mass is 335 g/mol. The van der Waals surface area contributed by atoms with Crippen LogP contribution in [0.3, 0.4) is 0 Å². The molecule has 1 aliphatic heterocycles. The van der Waals surface area contributed by atoms with Crippen LogP contribution < -0.4 is 5.32 Å². The molecule has 0 aromatic carbocycles. The second kappa shape index (κ2) is 8.25. The van der Waals surface area contributed by atoms with Crippen molar-refractivity contribution < 1.29 is 4.79 Å². The number of nitriles is 1. The van der Waals surface area contributed by atoms with E-state index in [9.17, 15) is 4.79 Å². The summed E-state index contributed by atoms with van der Waals surface area (Å²) in [6.45, 7) is 0.766. The Morgan fingerprint density at radius 1 is 1.28 bits per heavy atom. The third-order valence-corrected chi connectivity index (χ3v) is 4.48. The number of aryl methyl sites for hydroxylation is 1. The van der Waals surface area contributed by atoms with E-state index in [-0.39, 0.29) is 12.1 Å². The zero-order chi connectivity index (χ0) is 17.5. The first-order chi connectivity index (χ1) is 12.3. The molecule has 0 bridgehead atoms. The molecule has 3 rings (SSSR count). The number of anilines is 1. The Kier molecular flexibility index (Phi) is 5.57. The van der Waals surface area contributed by atoms with E-state index in [0.717, 1.165) is 44.3 Å². The maximum absolute atomic E-state index is 12.7. The molecule has 1 atom stereocenters. The maximum atomic E-state index is 12.7. The summed E-state index contributed by atoms with van der Waals surface area (Å²) in [7, 11) is 0. The van der Waals surface area contributed by atoms with Gasteiger partial charge in [-0.3, -0.25) is 4.98 Å². The first-order valence-corrected chi connectivity index (χ1v) is 8.60. The van der Waals surface area contributed by atoms with E-state index in [1.54, 1.807) is 18.3 Å². The maximum Gasteiger partial charge on any atom is 0.322 e. The molecule has 1 N–H and O–H groups in total. The van der Waals surface area contributed by atoms with Gasteiger partial charge in [-0.15, -0.1) is 0 Å². The van der Waals surface area contributed by atoms with Gasteiger partial charge in [0.1, 0.15) is 11.8 Å². The van der Waals surface area contributed by atoms with Crippen molar-refractivity contribution in [3.05, 3.63) is 54.1 Å². The van der Waals surface area contributed by atoms with Gasteiger partial charge in [0.25, 0.3) is 0 Å². The molecule has 3 heterocycles. The lowest BCUT2D eigenvalue weighted by Gasteiger charge is -2.35. The van der Waals surface area contributed by atoms with Gasteiger partial charge in [0, 0.05) is 24.5 Å². The Balaban J connectivity index is 1.61. The van der Waals surface area contributed by atoms with Crippen LogP contribution in [0.4, 0.5) is 10.5 Å². The van der Waals surface area contributed by atoms with Crippen LogP contribution in [-0.2, 0) is 6.42 Å². The minimum Gasteiger partial charge on any atom is -0.322 e. The third kappa shape index (κ3) is 4.54. The van der Waals surface area contributed by atoms with Gasteiger partial charge < -0.3 is 10.2 Å². The van der Waals surface area contributed by atoms with Crippen molar-refractivity contribution in [2.24, 2.45) is 0 Å². The van der Waals surface area contributed by atoms with Gasteiger partial charge in [-0.1, -0.05) is 6.07 Å². The molecular formula is C19H21N5O. The number of hydrogen-bond acceptors (Lipinski definition) is 4. The first-order valence-electron chi connectivity index (χ1n) is 8.60. The van der Waals surface area contributed by atoms with Gasteiger partial charge in [-0.05, 0) is 56.4 Å². The molecule has 128 valence electrons. The van der Waals surface area contributed by atoms with Crippen LogP contribution in [0.25, 0.3) is 0 Å². The SMILES string of the molecule is N#Cc1ccc(NC(=O)N2CCCC[C@H]2CCc2ccccn2)cn1. The number of urea groups is 1. The molecular weight excluding hydrogens is 314 g/mol. The standard InChI is InChI=1S/C19H21N5O/c20-13-16-7-8-17(14-22-16)23-19(25)24-12-4-2-6-18(24)10-9-15-5-1-3-11-21-15/h1,3,5,7-8,11,14,18H,2,4,6,9-10,12H2,(H,23,25)/t18-/m0/s1. The molecule has 0 saturated carbocycles. The molecule has 2 aromatic rings. The number of piperidine rings is 1. The molecule has 6 heteroatoms. The quantitative estimate of drug-likeness (QED) is 0.929. The third-order valence-electron chi connectivity index (χ3n) is 4.48. The summed E-state index contributed by atoms with van der Waals surface area (Å²) in [6, 6.07) is 11.3. The summed E-state index contributed by atoms with van der Waals surface area (Å²) in [6.07, 6.45) is 8.30. The van der Waals surface area contributed by atoms with Gasteiger partial charge in [0.2, 0.25) is 0 Å². The number of nitrogens with one attached hydrogen (secondary N) is 1. The number of pyridine rings is 2. The normalized spacial score (nSPS) is 16.9. The fourth-order valence-corrected chi connectivity index (χ4v) is 3.16. The number of amides is 2. The summed E-state index contributed by atoms with van der Waals surface area (Å²) in [5, 5.41) is 11.7. The lowest BCUT2D eigenvalue weighted by atomic mass is 9.97. The summed E-state index contributed by atoms with van der Waals surface area (Å²) in [5.74, 6) is 0. The fourth-order valence-electron chi connectivity index (χ4n) is 3.16. The van der Waals surface area contributed by atoms with Crippen molar-refractivity contribution in [1.82, 2.24) is 14.9 Å². The molecule has 0 unspecified atom stereocenters. The number of hydrogen-bond donors (Lipinski definition) is 1. The molecule has 0 radical (unpaired) electrons. The zero-order valence-corrected chi connectivity index (χ0v) is 14.1. The average Bonchev–Trinajstić information content (AvgIpc) is 2.68. The molecule has 0 aliphatic carbocycles. The van der Waals surface area contributed by atoms with Crippen molar-refractivity contribution in [2.45, 2.75) is 38.1 Å². The summed E-state index contributed by atoms with van der Waals surface area (Å²) in [4.78, 5) is 22.9. The number of aromatic nitrogens is 2. The van der Waals surface area contributed by atoms with Crippen LogP contribution in [-0.4, -0.2) is 33.5 Å². The second-order valence-electron chi connectivity index (χ2n) is 6.18. The second-order valence-corrected chi connectivity index (χ2v) is 6.18. The molecule has 0 spiro atoms. The first kappa shape index (κ1) is 16.9. The van der Waals surface area contributed by atoms with Crippen LogP contribution in [0, 0.1) is 11.3 Å². The minimum absolute atomic E-state index is 0.0998. The predicted octanol–water partition coefficient (Wildman–Crippen LogP) is 3.37. The molecule has 1 aliphatic rings. The van der Waals surface area contributed by atoms with Crippen molar-refractivity contribution in [1.29, 1.82) is 5.26 Å². The Hall–Kier alpha value is -2.94. The van der Waals surface area contributed by atoms with Crippen LogP contribution in [0.5, 0.6) is 0 Å². The average molecular weight is 335 g/mol. The summed E-state index contributed by atoms with van der Waals surface area (Å²) >= 11 is 0. The van der Waals surface area contributed by atoms with E-state index < -0.39 is 0 Å². The number of carbonyl (C=O) groups is 1. The Morgan fingerprint density at radius 2 is 2.20 bits per heavy atom. The number of carbonyl (C=O) groups excluding carboxylic acids is 1. The zero-order valence-electron chi connectivity index (χ0n) is 14.1. The molecule has 6 nitrogen and oxygen atoms in total. The number of likely N-dealkylation sites (tertiary alicyclic amines) is 1. The van der Waals surface area contributed by atoms with E-state index in [4.69, 9.17) is 5.26 Å². The van der Waals surface area contributed by atoms with E-state index >= 15 is 0 Å². The molecule has 25 heavy (non-hydrogen) atoms. The van der Waals surface area contributed by atoms with Gasteiger partial charge >= 0.3 is 6.03 Å². The Labute approximate surface area is 147 Å². The van der Waals surface area contributed by atoms with Crippen LogP contribution in [0.2, 0.25) is 0 Å². The Morgan fingerprint density at radius 3 is 2.92 bits per heavy atom. The highest BCUT2D eigenvalue weighted by Crippen LogP contribution is 2.22. The van der Waals surface area contributed by atoms with Crippen LogP contribution in [0.15, 0.2) is 42.7 Å². The largest absolute Gasteiger partial charge is 0.322 e. The lowest BCUT2D eigenvalue weighted by Crippen LogP contribution is -2.46. The van der Waals surface area contributed by atoms with E-state index in [1.165, 1.54) is 6.20 Å². The highest BCUT2D eigenvalue weighted by molar-refractivity contribution is 5.89. The predicted molar refractivity (Wildman–Crippen MR) is 94.9 cm³/mol. The molecule has 2 amide bonds. The van der Waals surface area contributed by atoms with Gasteiger partial charge in [-0.2, -0.15) is 5.26 Å². The molecule has 1 saturated heterocycles. The van der Waals surface area contributed by atoms with Gasteiger partial charge in [0.15, 0.2) is 0 Å². The van der Waals surface area contributed by atoms with E-state index in [1.807, 2.05) is 29.2 Å². The topological polar surface area (TPSA) is 81.9 Å². The van der Waals surface area contributed by atoms with Crippen LogP contribution in [0.1, 0.15) is 37.1 Å². The van der Waals surface area contributed by atoms with Crippen molar-refractivity contribution in [3.8, 4) is 6.07 Å². The van der Waals surface area contributed by atoms with E-state index in [2.05, 4.69) is 15.3 Å². The summed E-state index contributed by atoms with van der Waals surface area (Å²) in [5.41, 5.74) is 2.01. The van der Waals surface area contributed by atoms with Crippen molar-refractivity contribution in [3.63, 3.8) is 0 Å². The van der Waals surface area contributed by atoms with Crippen molar-refractivity contribution >= 4 is 11.7 Å². The number of nitrogens with zero attached hydrogens (tertiary/aromatic N) is 4. The summed E-state index contributed by atoms with van der Waals surface area (Å²) < 4.78 is 0. The van der Waals surface area contributed by atoms with Gasteiger partial charge in [0.05, 0.1) is 11.9 Å². The fraction of sp³-hybridized carbons (Fsp3) is 0.368. The van der Waals surface area contributed by atoms with E-state index in [0.29, 0.717) is 11.4 Å². The van der Waals surface area contributed by atoms with Crippen LogP contribution >= 0.6 is 0 Å². The highest BCUT2D eigenvalue weighted by Gasteiger charge is 2.26. The lowest BCUT2D eigenvalue weighted by molar-refractivity contribution is 0.158. The number of rotatable bonds is 4. The molecule has 1 fully saturated rings.